The first-order valence-corrected chi connectivity index (χ1v) is 6.49. The molecule has 0 aliphatic heterocycles. The van der Waals surface area contributed by atoms with Gasteiger partial charge in [0.15, 0.2) is 0 Å². The van der Waals surface area contributed by atoms with Crippen LogP contribution < -0.4 is 10.5 Å². The summed E-state index contributed by atoms with van der Waals surface area (Å²) < 4.78 is 10.2. The molecule has 6 heteroatoms. The fourth-order valence-corrected chi connectivity index (χ4v) is 2.22. The number of nitrogens with zero attached hydrogens (tertiary/aromatic N) is 1. The highest BCUT2D eigenvalue weighted by atomic mass is 32.1. The molecular formula is C13H14N2O3S. The van der Waals surface area contributed by atoms with E-state index in [0.29, 0.717) is 23.6 Å². The summed E-state index contributed by atoms with van der Waals surface area (Å²) >= 11 is 1.54. The Balaban J connectivity index is 2.07. The number of methoxy groups -OCH3 is 1. The van der Waals surface area contributed by atoms with Crippen LogP contribution in [0.25, 0.3) is 0 Å². The second-order valence-electron chi connectivity index (χ2n) is 3.92. The van der Waals surface area contributed by atoms with Crippen molar-refractivity contribution in [2.45, 2.75) is 13.5 Å². The standard InChI is InChI=1S/C13H14N2O3S/c1-8-7-19-12(15-8)6-18-11-4-3-9(5-10(11)14)13(16)17-2/h3-5,7H,6,14H2,1-2H3. The minimum atomic E-state index is -0.422. The molecule has 2 N–H and O–H groups in total. The molecule has 0 aliphatic carbocycles. The first kappa shape index (κ1) is 13.4. The van der Waals surface area contributed by atoms with Crippen LogP contribution >= 0.6 is 11.3 Å². The smallest absolute Gasteiger partial charge is 0.337 e. The van der Waals surface area contributed by atoms with Gasteiger partial charge in [0.05, 0.1) is 18.4 Å². The van der Waals surface area contributed by atoms with Crippen molar-refractivity contribution >= 4 is 23.0 Å². The van der Waals surface area contributed by atoms with Crippen molar-refractivity contribution in [3.05, 3.63) is 39.8 Å². The van der Waals surface area contributed by atoms with E-state index in [2.05, 4.69) is 9.72 Å². The number of rotatable bonds is 4. The van der Waals surface area contributed by atoms with Gasteiger partial charge in [0.1, 0.15) is 17.4 Å². The summed E-state index contributed by atoms with van der Waals surface area (Å²) in [5.74, 6) is 0.106. The van der Waals surface area contributed by atoms with Crippen molar-refractivity contribution in [1.82, 2.24) is 4.98 Å². The highest BCUT2D eigenvalue weighted by molar-refractivity contribution is 7.09. The van der Waals surface area contributed by atoms with Gasteiger partial charge >= 0.3 is 5.97 Å². The number of carbonyl (C=O) groups excluding carboxylic acids is 1. The van der Waals surface area contributed by atoms with E-state index >= 15 is 0 Å². The summed E-state index contributed by atoms with van der Waals surface area (Å²) in [6.45, 7) is 2.29. The molecule has 1 aromatic heterocycles. The van der Waals surface area contributed by atoms with Gasteiger partial charge in [-0.25, -0.2) is 9.78 Å². The zero-order chi connectivity index (χ0) is 13.8. The molecule has 2 aromatic rings. The molecule has 0 saturated carbocycles. The number of aryl methyl sites for hydroxylation is 1. The van der Waals surface area contributed by atoms with Gasteiger partial charge in [-0.2, -0.15) is 0 Å². The van der Waals surface area contributed by atoms with Gasteiger partial charge in [-0.05, 0) is 25.1 Å². The maximum Gasteiger partial charge on any atom is 0.337 e. The fourth-order valence-electron chi connectivity index (χ4n) is 1.53. The molecule has 0 atom stereocenters. The predicted molar refractivity (Wildman–Crippen MR) is 73.4 cm³/mol. The van der Waals surface area contributed by atoms with E-state index < -0.39 is 5.97 Å². The first-order chi connectivity index (χ1) is 9.10. The Kier molecular flexibility index (Phi) is 4.01. The number of benzene rings is 1. The molecule has 0 aliphatic rings. The molecule has 1 heterocycles. The highest BCUT2D eigenvalue weighted by Crippen LogP contribution is 2.24. The van der Waals surface area contributed by atoms with Crippen LogP contribution in [0.5, 0.6) is 5.75 Å². The van der Waals surface area contributed by atoms with Crippen LogP contribution in [0.2, 0.25) is 0 Å². The molecule has 0 bridgehead atoms. The second-order valence-corrected chi connectivity index (χ2v) is 4.86. The Morgan fingerprint density at radius 2 is 2.26 bits per heavy atom. The van der Waals surface area contributed by atoms with Crippen LogP contribution in [-0.4, -0.2) is 18.1 Å². The van der Waals surface area contributed by atoms with E-state index in [4.69, 9.17) is 10.5 Å². The first-order valence-electron chi connectivity index (χ1n) is 5.62. The molecule has 19 heavy (non-hydrogen) atoms. The number of esters is 1. The zero-order valence-electron chi connectivity index (χ0n) is 10.7. The fraction of sp³-hybridized carbons (Fsp3) is 0.231. The van der Waals surface area contributed by atoms with Gasteiger partial charge in [-0.1, -0.05) is 0 Å². The molecule has 0 fully saturated rings. The van der Waals surface area contributed by atoms with Gasteiger partial charge < -0.3 is 15.2 Å². The lowest BCUT2D eigenvalue weighted by molar-refractivity contribution is 0.0600. The molecular weight excluding hydrogens is 264 g/mol. The largest absolute Gasteiger partial charge is 0.484 e. The van der Waals surface area contributed by atoms with Crippen molar-refractivity contribution in [2.75, 3.05) is 12.8 Å². The SMILES string of the molecule is COC(=O)c1ccc(OCc2nc(C)cs2)c(N)c1. The Morgan fingerprint density at radius 3 is 2.84 bits per heavy atom. The van der Waals surface area contributed by atoms with Gasteiger partial charge in [0.25, 0.3) is 0 Å². The van der Waals surface area contributed by atoms with Gasteiger partial charge in [-0.15, -0.1) is 11.3 Å². The van der Waals surface area contributed by atoms with E-state index in [9.17, 15) is 4.79 Å². The van der Waals surface area contributed by atoms with Crippen LogP contribution in [0.1, 0.15) is 21.1 Å². The third-order valence-electron chi connectivity index (χ3n) is 2.45. The molecule has 100 valence electrons. The average Bonchev–Trinajstić information content (AvgIpc) is 2.82. The lowest BCUT2D eigenvalue weighted by atomic mass is 10.2. The lowest BCUT2D eigenvalue weighted by Crippen LogP contribution is -2.04. The number of nitrogens with two attached hydrogens (primary N) is 1. The van der Waals surface area contributed by atoms with Crippen molar-refractivity contribution < 1.29 is 14.3 Å². The Hall–Kier alpha value is -2.08. The van der Waals surface area contributed by atoms with Gasteiger partial charge in [0, 0.05) is 11.1 Å². The summed E-state index contributed by atoms with van der Waals surface area (Å²) in [5.41, 5.74) is 7.60. The molecule has 1 aromatic carbocycles. The third kappa shape index (κ3) is 3.23. The number of anilines is 1. The van der Waals surface area contributed by atoms with Crippen molar-refractivity contribution in [3.63, 3.8) is 0 Å². The number of hydrogen-bond acceptors (Lipinski definition) is 6. The van der Waals surface area contributed by atoms with Crippen LogP contribution in [0.3, 0.4) is 0 Å². The summed E-state index contributed by atoms with van der Waals surface area (Å²) in [5, 5.41) is 2.84. The van der Waals surface area contributed by atoms with Crippen LogP contribution in [-0.2, 0) is 11.3 Å². The molecule has 0 unspecified atom stereocenters. The second kappa shape index (κ2) is 5.71. The minimum absolute atomic E-state index is 0.361. The summed E-state index contributed by atoms with van der Waals surface area (Å²) in [4.78, 5) is 15.6. The molecule has 0 saturated heterocycles. The highest BCUT2D eigenvalue weighted by Gasteiger charge is 2.09. The number of nitrogen functional groups attached to an aromatic ring is 1. The van der Waals surface area contributed by atoms with Crippen molar-refractivity contribution in [3.8, 4) is 5.75 Å². The Morgan fingerprint density at radius 1 is 1.47 bits per heavy atom. The van der Waals surface area contributed by atoms with Gasteiger partial charge in [0.2, 0.25) is 0 Å². The van der Waals surface area contributed by atoms with Crippen LogP contribution in [0, 0.1) is 6.92 Å². The summed E-state index contributed by atoms with van der Waals surface area (Å²) in [6, 6.07) is 4.81. The number of aromatic nitrogens is 1. The number of hydrogen-bond donors (Lipinski definition) is 1. The van der Waals surface area contributed by atoms with Crippen molar-refractivity contribution in [1.29, 1.82) is 0 Å². The minimum Gasteiger partial charge on any atom is -0.484 e. The van der Waals surface area contributed by atoms with Crippen molar-refractivity contribution in [2.24, 2.45) is 0 Å². The molecule has 0 radical (unpaired) electrons. The van der Waals surface area contributed by atoms with E-state index in [1.807, 2.05) is 12.3 Å². The number of carbonyl (C=O) groups is 1. The Bertz CT molecular complexity index is 595. The summed E-state index contributed by atoms with van der Waals surface area (Å²) in [6.07, 6.45) is 0. The van der Waals surface area contributed by atoms with E-state index in [-0.39, 0.29) is 0 Å². The monoisotopic (exact) mass is 278 g/mol. The summed E-state index contributed by atoms with van der Waals surface area (Å²) in [7, 11) is 1.33. The molecule has 5 nitrogen and oxygen atoms in total. The van der Waals surface area contributed by atoms with Crippen LogP contribution in [0.4, 0.5) is 5.69 Å². The topological polar surface area (TPSA) is 74.4 Å². The maximum absolute atomic E-state index is 11.3. The van der Waals surface area contributed by atoms with E-state index in [1.54, 1.807) is 12.1 Å². The lowest BCUT2D eigenvalue weighted by Gasteiger charge is -2.08. The normalized spacial score (nSPS) is 10.2. The van der Waals surface area contributed by atoms with Gasteiger partial charge in [-0.3, -0.25) is 0 Å². The third-order valence-corrected chi connectivity index (χ3v) is 3.39. The van der Waals surface area contributed by atoms with E-state index in [0.717, 1.165) is 10.7 Å². The zero-order valence-corrected chi connectivity index (χ0v) is 11.5. The van der Waals surface area contributed by atoms with Crippen LogP contribution in [0.15, 0.2) is 23.6 Å². The molecule has 2 rings (SSSR count). The Labute approximate surface area is 115 Å². The van der Waals surface area contributed by atoms with E-state index in [1.165, 1.54) is 24.5 Å². The average molecular weight is 278 g/mol. The number of thiazole rings is 1. The molecule has 0 amide bonds. The number of ether oxygens (including phenoxy) is 2. The predicted octanol–water partition coefficient (Wildman–Crippen LogP) is 2.40. The molecule has 0 spiro atoms. The quantitative estimate of drug-likeness (QED) is 0.686. The maximum atomic E-state index is 11.3.